The Kier molecular flexibility index (Phi) is 1.62. The maximum absolute atomic E-state index is 11.3. The second kappa shape index (κ2) is 2.71. The Morgan fingerprint density at radius 3 is 2.54 bits per heavy atom. The molecule has 0 aromatic carbocycles. The minimum Gasteiger partial charge on any atom is -0.354 e. The number of rotatable bonds is 1. The number of carbonyl (C=O) groups is 1. The van der Waals surface area contributed by atoms with Gasteiger partial charge in [0.05, 0.1) is 0 Å². The van der Waals surface area contributed by atoms with Gasteiger partial charge in [0.15, 0.2) is 0 Å². The molecule has 2 bridgehead atoms. The molecule has 2 heterocycles. The molecule has 3 nitrogen and oxygen atoms in total. The fourth-order valence-corrected chi connectivity index (χ4v) is 2.88. The fraction of sp³-hybridized carbons (Fsp3) is 0.900. The van der Waals surface area contributed by atoms with Crippen molar-refractivity contribution >= 4 is 5.91 Å². The van der Waals surface area contributed by atoms with E-state index in [4.69, 9.17) is 0 Å². The van der Waals surface area contributed by atoms with Gasteiger partial charge in [-0.2, -0.15) is 0 Å². The SMILES string of the molecule is O=C1CC2CCC(CN1)N2C1CC1. The van der Waals surface area contributed by atoms with Gasteiger partial charge in [0.1, 0.15) is 0 Å². The third-order valence-electron chi connectivity index (χ3n) is 3.60. The predicted molar refractivity (Wildman–Crippen MR) is 49.3 cm³/mol. The van der Waals surface area contributed by atoms with E-state index in [1.807, 2.05) is 0 Å². The summed E-state index contributed by atoms with van der Waals surface area (Å²) in [6.07, 6.45) is 6.01. The second-order valence-corrected chi connectivity index (χ2v) is 4.57. The standard InChI is InChI=1S/C10H16N2O/c13-10-5-8-3-4-9(6-11-10)12(8)7-1-2-7/h7-9H,1-6H2,(H,11,13). The normalized spacial score (nSPS) is 40.2. The van der Waals surface area contributed by atoms with Crippen LogP contribution in [-0.4, -0.2) is 35.5 Å². The first-order valence-electron chi connectivity index (χ1n) is 5.39. The molecule has 3 aliphatic rings. The lowest BCUT2D eigenvalue weighted by atomic mass is 10.1. The van der Waals surface area contributed by atoms with E-state index in [0.29, 0.717) is 12.1 Å². The molecule has 2 aliphatic heterocycles. The Morgan fingerprint density at radius 1 is 1.08 bits per heavy atom. The summed E-state index contributed by atoms with van der Waals surface area (Å²) in [5, 5.41) is 3.01. The van der Waals surface area contributed by atoms with Gasteiger partial charge >= 0.3 is 0 Å². The van der Waals surface area contributed by atoms with Crippen LogP contribution < -0.4 is 5.32 Å². The van der Waals surface area contributed by atoms with Crippen LogP contribution in [-0.2, 0) is 4.79 Å². The van der Waals surface area contributed by atoms with Gasteiger partial charge in [-0.25, -0.2) is 0 Å². The molecular formula is C10H16N2O. The number of amides is 1. The minimum absolute atomic E-state index is 0.262. The quantitative estimate of drug-likeness (QED) is 0.637. The first-order chi connectivity index (χ1) is 6.34. The van der Waals surface area contributed by atoms with E-state index < -0.39 is 0 Å². The number of carbonyl (C=O) groups excluding carboxylic acids is 1. The van der Waals surface area contributed by atoms with E-state index >= 15 is 0 Å². The van der Waals surface area contributed by atoms with Crippen LogP contribution in [0.15, 0.2) is 0 Å². The Labute approximate surface area is 78.5 Å². The largest absolute Gasteiger partial charge is 0.354 e. The number of fused-ring (bicyclic) bond motifs is 2. The van der Waals surface area contributed by atoms with E-state index in [1.54, 1.807) is 0 Å². The molecular weight excluding hydrogens is 164 g/mol. The van der Waals surface area contributed by atoms with E-state index in [9.17, 15) is 4.79 Å². The highest BCUT2D eigenvalue weighted by Gasteiger charge is 2.44. The van der Waals surface area contributed by atoms with Crippen molar-refractivity contribution < 1.29 is 4.79 Å². The molecule has 0 radical (unpaired) electrons. The molecule has 3 rings (SSSR count). The highest BCUT2D eigenvalue weighted by molar-refractivity contribution is 5.77. The van der Waals surface area contributed by atoms with E-state index in [1.165, 1.54) is 25.7 Å². The first kappa shape index (κ1) is 7.80. The molecule has 2 atom stereocenters. The van der Waals surface area contributed by atoms with E-state index in [-0.39, 0.29) is 5.91 Å². The predicted octanol–water partition coefficient (Wildman–Crippen LogP) is 0.502. The van der Waals surface area contributed by atoms with Gasteiger partial charge in [-0.3, -0.25) is 9.69 Å². The van der Waals surface area contributed by atoms with Gasteiger partial charge in [0.25, 0.3) is 0 Å². The van der Waals surface area contributed by atoms with Gasteiger partial charge < -0.3 is 5.32 Å². The maximum atomic E-state index is 11.3. The average Bonchev–Trinajstić information content (AvgIpc) is 2.85. The highest BCUT2D eigenvalue weighted by Crippen LogP contribution is 2.38. The van der Waals surface area contributed by atoms with Crippen molar-refractivity contribution in [2.45, 2.75) is 50.2 Å². The smallest absolute Gasteiger partial charge is 0.221 e. The molecule has 0 aromatic rings. The van der Waals surface area contributed by atoms with Crippen molar-refractivity contribution in [2.24, 2.45) is 0 Å². The highest BCUT2D eigenvalue weighted by atomic mass is 16.1. The second-order valence-electron chi connectivity index (χ2n) is 4.57. The van der Waals surface area contributed by atoms with E-state index in [2.05, 4.69) is 10.2 Å². The summed E-state index contributed by atoms with van der Waals surface area (Å²) in [4.78, 5) is 13.9. The maximum Gasteiger partial charge on any atom is 0.221 e. The van der Waals surface area contributed by atoms with Crippen LogP contribution in [0.4, 0.5) is 0 Å². The lowest BCUT2D eigenvalue weighted by Crippen LogP contribution is -2.39. The van der Waals surface area contributed by atoms with E-state index in [0.717, 1.165) is 19.0 Å². The summed E-state index contributed by atoms with van der Waals surface area (Å²) in [5.41, 5.74) is 0. The van der Waals surface area contributed by atoms with Crippen LogP contribution in [0, 0.1) is 0 Å². The third-order valence-corrected chi connectivity index (χ3v) is 3.60. The molecule has 1 N–H and O–H groups in total. The van der Waals surface area contributed by atoms with Crippen LogP contribution in [0.2, 0.25) is 0 Å². The Balaban J connectivity index is 1.82. The third kappa shape index (κ3) is 1.26. The van der Waals surface area contributed by atoms with Crippen LogP contribution in [0.3, 0.4) is 0 Å². The lowest BCUT2D eigenvalue weighted by Gasteiger charge is -2.26. The molecule has 1 aliphatic carbocycles. The average molecular weight is 180 g/mol. The van der Waals surface area contributed by atoms with Gasteiger partial charge in [-0.15, -0.1) is 0 Å². The van der Waals surface area contributed by atoms with Crippen molar-refractivity contribution in [3.8, 4) is 0 Å². The first-order valence-corrected chi connectivity index (χ1v) is 5.39. The van der Waals surface area contributed by atoms with Crippen LogP contribution >= 0.6 is 0 Å². The Bertz CT molecular complexity index is 237. The molecule has 2 saturated heterocycles. The Morgan fingerprint density at radius 2 is 1.77 bits per heavy atom. The monoisotopic (exact) mass is 180 g/mol. The summed E-state index contributed by atoms with van der Waals surface area (Å²) in [6.45, 7) is 0.895. The van der Waals surface area contributed by atoms with Crippen LogP contribution in [0.1, 0.15) is 32.1 Å². The summed E-state index contributed by atoms with van der Waals surface area (Å²) < 4.78 is 0. The molecule has 0 aromatic heterocycles. The van der Waals surface area contributed by atoms with Gasteiger partial charge in [0, 0.05) is 31.1 Å². The van der Waals surface area contributed by atoms with Crippen molar-refractivity contribution in [2.75, 3.05) is 6.54 Å². The fourth-order valence-electron chi connectivity index (χ4n) is 2.88. The number of hydrogen-bond acceptors (Lipinski definition) is 2. The molecule has 13 heavy (non-hydrogen) atoms. The number of nitrogens with one attached hydrogen (secondary N) is 1. The zero-order valence-electron chi connectivity index (χ0n) is 7.83. The minimum atomic E-state index is 0.262. The zero-order chi connectivity index (χ0) is 8.84. The van der Waals surface area contributed by atoms with Crippen LogP contribution in [0.25, 0.3) is 0 Å². The van der Waals surface area contributed by atoms with Crippen molar-refractivity contribution in [1.29, 1.82) is 0 Å². The summed E-state index contributed by atoms with van der Waals surface area (Å²) in [5.74, 6) is 0.262. The molecule has 1 amide bonds. The molecule has 0 spiro atoms. The summed E-state index contributed by atoms with van der Waals surface area (Å²) >= 11 is 0. The molecule has 72 valence electrons. The van der Waals surface area contributed by atoms with Crippen molar-refractivity contribution in [1.82, 2.24) is 10.2 Å². The summed E-state index contributed by atoms with van der Waals surface area (Å²) in [7, 11) is 0. The van der Waals surface area contributed by atoms with Gasteiger partial charge in [-0.05, 0) is 25.7 Å². The van der Waals surface area contributed by atoms with Crippen molar-refractivity contribution in [3.05, 3.63) is 0 Å². The van der Waals surface area contributed by atoms with Gasteiger partial charge in [-0.1, -0.05) is 0 Å². The van der Waals surface area contributed by atoms with Crippen LogP contribution in [0.5, 0.6) is 0 Å². The number of nitrogens with zero attached hydrogens (tertiary/aromatic N) is 1. The molecule has 2 unspecified atom stereocenters. The molecule has 3 heteroatoms. The molecule has 3 fully saturated rings. The van der Waals surface area contributed by atoms with Crippen molar-refractivity contribution in [3.63, 3.8) is 0 Å². The number of hydrogen-bond donors (Lipinski definition) is 1. The van der Waals surface area contributed by atoms with Gasteiger partial charge in [0.2, 0.25) is 5.91 Å². The zero-order valence-corrected chi connectivity index (χ0v) is 7.83. The molecule has 1 saturated carbocycles. The topological polar surface area (TPSA) is 32.3 Å². The Hall–Kier alpha value is -0.570. The summed E-state index contributed by atoms with van der Waals surface area (Å²) in [6, 6.07) is 2.05. The lowest BCUT2D eigenvalue weighted by molar-refractivity contribution is -0.121.